The van der Waals surface area contributed by atoms with E-state index in [1.54, 1.807) is 12.1 Å². The van der Waals surface area contributed by atoms with Crippen LogP contribution in [0.4, 0.5) is 5.69 Å². The van der Waals surface area contributed by atoms with Gasteiger partial charge in [0.25, 0.3) is 5.91 Å². The molecular formula is C38H42N2O5. The number of benzene rings is 2. The zero-order valence-corrected chi connectivity index (χ0v) is 26.4. The lowest BCUT2D eigenvalue weighted by Crippen LogP contribution is -2.51. The standard InChI is InChI=1S/C38H42N2O5/c1-4-18-38(45)19-17-33-31-15-11-27-20-29(41)14-16-30(27)35(31)32(21-37(33,38)2)25-9-12-28(13-10-25)40(3)23-24-5-7-26(8-6-24)36(44)39-22-34(42)43/h5-10,12-13,20,31-33,45H,11,14-17,19,21-23H2,1-3H3,(H,39,44)(H,42,43)/t31-,32+,33-,37-,38-/m0/s1. The van der Waals surface area contributed by atoms with Crippen molar-refractivity contribution < 1.29 is 24.6 Å². The van der Waals surface area contributed by atoms with Gasteiger partial charge in [0.15, 0.2) is 5.78 Å². The van der Waals surface area contributed by atoms with Crippen LogP contribution in [0.3, 0.4) is 0 Å². The van der Waals surface area contributed by atoms with Crippen LogP contribution < -0.4 is 10.2 Å². The zero-order chi connectivity index (χ0) is 31.9. The Balaban J connectivity index is 1.26. The molecule has 5 atom stereocenters. The van der Waals surface area contributed by atoms with Crippen molar-refractivity contribution in [1.29, 1.82) is 0 Å². The predicted molar refractivity (Wildman–Crippen MR) is 174 cm³/mol. The summed E-state index contributed by atoms with van der Waals surface area (Å²) in [7, 11) is 2.04. The van der Waals surface area contributed by atoms with Crippen LogP contribution in [0.2, 0.25) is 0 Å². The van der Waals surface area contributed by atoms with Gasteiger partial charge >= 0.3 is 5.97 Å². The number of ketones is 1. The molecule has 2 fully saturated rings. The fourth-order valence-corrected chi connectivity index (χ4v) is 8.72. The second-order valence-electron chi connectivity index (χ2n) is 13.5. The molecule has 0 aliphatic heterocycles. The molecule has 3 N–H and O–H groups in total. The topological polar surface area (TPSA) is 107 Å². The molecular weight excluding hydrogens is 564 g/mol. The number of carbonyl (C=O) groups is 3. The van der Waals surface area contributed by atoms with E-state index in [4.69, 9.17) is 5.11 Å². The Morgan fingerprint density at radius 2 is 1.78 bits per heavy atom. The number of allylic oxidation sites excluding steroid dienone is 4. The summed E-state index contributed by atoms with van der Waals surface area (Å²) in [4.78, 5) is 37.4. The molecule has 234 valence electrons. The number of rotatable bonds is 7. The molecule has 6 rings (SSSR count). The predicted octanol–water partition coefficient (Wildman–Crippen LogP) is 5.79. The summed E-state index contributed by atoms with van der Waals surface area (Å²) in [6.45, 7) is 4.32. The maximum atomic E-state index is 12.4. The molecule has 4 aliphatic rings. The summed E-state index contributed by atoms with van der Waals surface area (Å²) in [6, 6.07) is 16.0. The Morgan fingerprint density at radius 3 is 2.47 bits per heavy atom. The first kappa shape index (κ1) is 30.9. The number of carboxylic acids is 1. The highest BCUT2D eigenvalue weighted by Gasteiger charge is 2.62. The number of nitrogens with one attached hydrogen (secondary N) is 1. The fourth-order valence-electron chi connectivity index (χ4n) is 8.72. The molecule has 45 heavy (non-hydrogen) atoms. The first-order valence-electron chi connectivity index (χ1n) is 16.1. The van der Waals surface area contributed by atoms with Crippen molar-refractivity contribution in [2.45, 2.75) is 76.9 Å². The summed E-state index contributed by atoms with van der Waals surface area (Å²) in [5.41, 5.74) is 6.59. The van der Waals surface area contributed by atoms with E-state index < -0.39 is 24.0 Å². The molecule has 2 aromatic carbocycles. The maximum absolute atomic E-state index is 12.4. The molecule has 2 saturated carbocycles. The minimum atomic E-state index is -1.08. The number of hydrogen-bond donors (Lipinski definition) is 3. The highest BCUT2D eigenvalue weighted by Crippen LogP contribution is 2.66. The molecule has 4 aliphatic carbocycles. The van der Waals surface area contributed by atoms with Crippen molar-refractivity contribution >= 4 is 23.3 Å². The van der Waals surface area contributed by atoms with Crippen molar-refractivity contribution in [2.24, 2.45) is 17.3 Å². The highest BCUT2D eigenvalue weighted by molar-refractivity contribution is 5.95. The number of amides is 1. The Morgan fingerprint density at radius 1 is 1.04 bits per heavy atom. The molecule has 7 nitrogen and oxygen atoms in total. The number of carbonyl (C=O) groups excluding carboxylic acids is 2. The van der Waals surface area contributed by atoms with Crippen LogP contribution in [0, 0.1) is 29.1 Å². The van der Waals surface area contributed by atoms with Gasteiger partial charge in [-0.05, 0) is 110 Å². The molecule has 0 heterocycles. The van der Waals surface area contributed by atoms with Crippen LogP contribution in [0.5, 0.6) is 0 Å². The minimum absolute atomic E-state index is 0.158. The fraction of sp³-hybridized carbons (Fsp3) is 0.447. The molecule has 0 bridgehead atoms. The van der Waals surface area contributed by atoms with Gasteiger partial charge in [-0.2, -0.15) is 0 Å². The average molecular weight is 607 g/mol. The first-order chi connectivity index (χ1) is 21.5. The van der Waals surface area contributed by atoms with Crippen molar-refractivity contribution in [3.8, 4) is 11.8 Å². The summed E-state index contributed by atoms with van der Waals surface area (Å²) >= 11 is 0. The Hall–Kier alpha value is -4.15. The first-order valence-corrected chi connectivity index (χ1v) is 16.1. The van der Waals surface area contributed by atoms with E-state index in [-0.39, 0.29) is 17.1 Å². The molecule has 0 spiro atoms. The molecule has 7 heteroatoms. The second-order valence-corrected chi connectivity index (χ2v) is 13.5. The lowest BCUT2D eigenvalue weighted by atomic mass is 9.51. The van der Waals surface area contributed by atoms with E-state index in [9.17, 15) is 19.5 Å². The number of hydrogen-bond acceptors (Lipinski definition) is 5. The van der Waals surface area contributed by atoms with E-state index in [1.807, 2.05) is 32.2 Å². The van der Waals surface area contributed by atoms with Crippen LogP contribution in [0.1, 0.15) is 86.2 Å². The van der Waals surface area contributed by atoms with Crippen LogP contribution in [-0.2, 0) is 16.1 Å². The normalized spacial score (nSPS) is 28.6. The molecule has 2 aromatic rings. The minimum Gasteiger partial charge on any atom is -0.480 e. The number of anilines is 1. The van der Waals surface area contributed by atoms with E-state index in [0.717, 1.165) is 43.4 Å². The molecule has 1 amide bonds. The van der Waals surface area contributed by atoms with Gasteiger partial charge in [-0.3, -0.25) is 14.4 Å². The largest absolute Gasteiger partial charge is 0.480 e. The van der Waals surface area contributed by atoms with Crippen LogP contribution in [0.25, 0.3) is 0 Å². The number of carboxylic acid groups (broad SMARTS) is 1. The SMILES string of the molecule is CC#C[C@]1(O)CC[C@H]2[C@@H]3CCC4=CC(=O)CCC4=C3[C@@H](c3ccc(N(C)Cc4ccc(C(=O)NCC(=O)O)cc4)cc3)C[C@@]21C. The Kier molecular flexibility index (Phi) is 8.22. The smallest absolute Gasteiger partial charge is 0.322 e. The van der Waals surface area contributed by atoms with Crippen molar-refractivity contribution in [1.82, 2.24) is 5.32 Å². The van der Waals surface area contributed by atoms with E-state index >= 15 is 0 Å². The lowest BCUT2D eigenvalue weighted by Gasteiger charge is -2.53. The monoisotopic (exact) mass is 606 g/mol. The van der Waals surface area contributed by atoms with Crippen LogP contribution in [0.15, 0.2) is 71.3 Å². The van der Waals surface area contributed by atoms with Gasteiger partial charge in [-0.1, -0.05) is 42.7 Å². The maximum Gasteiger partial charge on any atom is 0.322 e. The summed E-state index contributed by atoms with van der Waals surface area (Å²) in [5.74, 6) is 5.95. The number of nitrogens with zero attached hydrogens (tertiary/aromatic N) is 1. The Labute approximate surface area is 265 Å². The summed E-state index contributed by atoms with van der Waals surface area (Å²) in [6.07, 6.45) is 7.76. The van der Waals surface area contributed by atoms with Crippen LogP contribution >= 0.6 is 0 Å². The third-order valence-electron chi connectivity index (χ3n) is 11.0. The lowest BCUT2D eigenvalue weighted by molar-refractivity contribution is -0.135. The quantitative estimate of drug-likeness (QED) is 0.345. The van der Waals surface area contributed by atoms with Gasteiger partial charge in [-0.15, -0.1) is 5.92 Å². The zero-order valence-electron chi connectivity index (χ0n) is 26.4. The molecule has 0 aromatic heterocycles. The average Bonchev–Trinajstić information content (AvgIpc) is 3.29. The van der Waals surface area contributed by atoms with Crippen molar-refractivity contribution in [3.05, 3.63) is 88.0 Å². The van der Waals surface area contributed by atoms with Gasteiger partial charge < -0.3 is 20.4 Å². The molecule has 0 radical (unpaired) electrons. The number of aliphatic hydroxyl groups is 1. The van der Waals surface area contributed by atoms with Crippen molar-refractivity contribution in [2.75, 3.05) is 18.5 Å². The van der Waals surface area contributed by atoms with Crippen LogP contribution in [-0.4, -0.2) is 47.1 Å². The highest BCUT2D eigenvalue weighted by atomic mass is 16.4. The van der Waals surface area contributed by atoms with Gasteiger partial charge in [0.1, 0.15) is 12.1 Å². The van der Waals surface area contributed by atoms with Gasteiger partial charge in [0.05, 0.1) is 0 Å². The van der Waals surface area contributed by atoms with E-state index in [2.05, 4.69) is 53.2 Å². The number of aliphatic carboxylic acids is 1. The van der Waals surface area contributed by atoms with Crippen molar-refractivity contribution in [3.63, 3.8) is 0 Å². The summed E-state index contributed by atoms with van der Waals surface area (Å²) in [5, 5.41) is 23.1. The molecule has 0 saturated heterocycles. The van der Waals surface area contributed by atoms with Gasteiger partial charge in [0, 0.05) is 42.6 Å². The Bertz CT molecular complexity index is 1640. The third-order valence-corrected chi connectivity index (χ3v) is 11.0. The van der Waals surface area contributed by atoms with Gasteiger partial charge in [0.2, 0.25) is 0 Å². The van der Waals surface area contributed by atoms with E-state index in [1.165, 1.54) is 22.3 Å². The van der Waals surface area contributed by atoms with Gasteiger partial charge in [-0.25, -0.2) is 0 Å². The number of fused-ring (bicyclic) bond motifs is 4. The summed E-state index contributed by atoms with van der Waals surface area (Å²) < 4.78 is 0. The van der Waals surface area contributed by atoms with E-state index in [0.29, 0.717) is 36.8 Å². The third kappa shape index (κ3) is 5.61. The second kappa shape index (κ2) is 12.0. The molecule has 0 unspecified atom stereocenters.